The molecular weight excluding hydrogens is 218 g/mol. The van der Waals surface area contributed by atoms with E-state index in [-0.39, 0.29) is 6.10 Å². The number of ether oxygens (including phenoxy) is 1. The molecule has 17 heavy (non-hydrogen) atoms. The lowest BCUT2D eigenvalue weighted by Crippen LogP contribution is -2.56. The summed E-state index contributed by atoms with van der Waals surface area (Å²) in [7, 11) is 0. The van der Waals surface area contributed by atoms with Gasteiger partial charge >= 0.3 is 5.97 Å². The molecule has 3 atom stereocenters. The Labute approximate surface area is 103 Å². The van der Waals surface area contributed by atoms with E-state index in [2.05, 4.69) is 11.8 Å². The highest BCUT2D eigenvalue weighted by molar-refractivity contribution is 5.79. The van der Waals surface area contributed by atoms with E-state index in [0.717, 1.165) is 38.8 Å². The van der Waals surface area contributed by atoms with Crippen LogP contribution in [0.2, 0.25) is 0 Å². The van der Waals surface area contributed by atoms with Gasteiger partial charge in [-0.3, -0.25) is 9.69 Å². The number of nitrogens with zero attached hydrogens (tertiary/aromatic N) is 1. The molecule has 4 heteroatoms. The van der Waals surface area contributed by atoms with Gasteiger partial charge in [-0.05, 0) is 45.6 Å². The summed E-state index contributed by atoms with van der Waals surface area (Å²) in [6.45, 7) is 5.77. The van der Waals surface area contributed by atoms with Crippen LogP contribution in [0.1, 0.15) is 46.0 Å². The second-order valence-corrected chi connectivity index (χ2v) is 5.35. The van der Waals surface area contributed by atoms with Crippen molar-refractivity contribution in [3.05, 3.63) is 0 Å². The van der Waals surface area contributed by atoms with Crippen molar-refractivity contribution in [3.63, 3.8) is 0 Å². The standard InChI is InChI=1S/C13H23NO3/c1-3-13(12(15)16)6-4-7-14(13)11-5-8-17-10(2)9-11/h10-11H,3-9H2,1-2H3,(H,15,16). The van der Waals surface area contributed by atoms with Crippen LogP contribution in [-0.2, 0) is 9.53 Å². The zero-order valence-corrected chi connectivity index (χ0v) is 10.8. The Bertz CT molecular complexity index is 294. The summed E-state index contributed by atoms with van der Waals surface area (Å²) in [5, 5.41) is 9.56. The minimum absolute atomic E-state index is 0.262. The number of hydrogen-bond acceptors (Lipinski definition) is 3. The molecule has 2 heterocycles. The molecule has 0 aromatic rings. The maximum Gasteiger partial charge on any atom is 0.324 e. The third kappa shape index (κ3) is 2.20. The van der Waals surface area contributed by atoms with E-state index < -0.39 is 11.5 Å². The number of carboxylic acid groups (broad SMARTS) is 1. The zero-order valence-electron chi connectivity index (χ0n) is 10.8. The van der Waals surface area contributed by atoms with Crippen LogP contribution in [-0.4, -0.2) is 46.8 Å². The normalized spacial score (nSPS) is 39.4. The van der Waals surface area contributed by atoms with Gasteiger partial charge in [0.1, 0.15) is 5.54 Å². The van der Waals surface area contributed by atoms with Crippen LogP contribution in [0, 0.1) is 0 Å². The summed E-state index contributed by atoms with van der Waals surface area (Å²) in [6.07, 6.45) is 4.71. The maximum absolute atomic E-state index is 11.6. The van der Waals surface area contributed by atoms with Gasteiger partial charge in [-0.15, -0.1) is 0 Å². The molecule has 98 valence electrons. The van der Waals surface area contributed by atoms with Crippen LogP contribution in [0.5, 0.6) is 0 Å². The highest BCUT2D eigenvalue weighted by Gasteiger charge is 2.49. The second kappa shape index (κ2) is 4.94. The first kappa shape index (κ1) is 12.8. The number of hydrogen-bond donors (Lipinski definition) is 1. The van der Waals surface area contributed by atoms with Gasteiger partial charge in [-0.25, -0.2) is 0 Å². The van der Waals surface area contributed by atoms with Crippen molar-refractivity contribution in [2.24, 2.45) is 0 Å². The third-order valence-electron chi connectivity index (χ3n) is 4.42. The Hall–Kier alpha value is -0.610. The van der Waals surface area contributed by atoms with Gasteiger partial charge in [0.25, 0.3) is 0 Å². The van der Waals surface area contributed by atoms with Crippen LogP contribution in [0.15, 0.2) is 0 Å². The lowest BCUT2D eigenvalue weighted by Gasteiger charge is -2.42. The van der Waals surface area contributed by atoms with Gasteiger partial charge in [0.2, 0.25) is 0 Å². The fourth-order valence-corrected chi connectivity index (χ4v) is 3.45. The van der Waals surface area contributed by atoms with Gasteiger partial charge in [-0.2, -0.15) is 0 Å². The van der Waals surface area contributed by atoms with Crippen molar-refractivity contribution >= 4 is 5.97 Å². The number of likely N-dealkylation sites (tertiary alicyclic amines) is 1. The molecule has 0 bridgehead atoms. The summed E-state index contributed by atoms with van der Waals surface area (Å²) in [6, 6.07) is 0.386. The molecule has 3 unspecified atom stereocenters. The van der Waals surface area contributed by atoms with Crippen LogP contribution in [0.4, 0.5) is 0 Å². The molecule has 0 amide bonds. The average molecular weight is 241 g/mol. The number of aliphatic carboxylic acids is 1. The van der Waals surface area contributed by atoms with Gasteiger partial charge in [0.15, 0.2) is 0 Å². The summed E-state index contributed by atoms with van der Waals surface area (Å²) >= 11 is 0. The molecule has 0 spiro atoms. The first-order valence-corrected chi connectivity index (χ1v) is 6.72. The summed E-state index contributed by atoms with van der Waals surface area (Å²) in [5.74, 6) is -0.642. The SMILES string of the molecule is CCC1(C(=O)O)CCCN1C1CCOC(C)C1. The van der Waals surface area contributed by atoms with Crippen molar-refractivity contribution in [2.45, 2.75) is 63.6 Å². The fraction of sp³-hybridized carbons (Fsp3) is 0.923. The second-order valence-electron chi connectivity index (χ2n) is 5.35. The Morgan fingerprint density at radius 2 is 2.35 bits per heavy atom. The minimum atomic E-state index is -0.642. The lowest BCUT2D eigenvalue weighted by atomic mass is 9.90. The summed E-state index contributed by atoms with van der Waals surface area (Å²) in [5.41, 5.74) is -0.609. The molecule has 2 saturated heterocycles. The van der Waals surface area contributed by atoms with Crippen molar-refractivity contribution < 1.29 is 14.6 Å². The smallest absolute Gasteiger partial charge is 0.324 e. The third-order valence-corrected chi connectivity index (χ3v) is 4.42. The fourth-order valence-electron chi connectivity index (χ4n) is 3.45. The largest absolute Gasteiger partial charge is 0.480 e. The van der Waals surface area contributed by atoms with Crippen molar-refractivity contribution in [1.29, 1.82) is 0 Å². The molecule has 0 saturated carbocycles. The van der Waals surface area contributed by atoms with Gasteiger partial charge in [-0.1, -0.05) is 6.92 Å². The van der Waals surface area contributed by atoms with Crippen molar-refractivity contribution in [3.8, 4) is 0 Å². The predicted molar refractivity (Wildman–Crippen MR) is 65.0 cm³/mol. The Kier molecular flexibility index (Phi) is 3.73. The van der Waals surface area contributed by atoms with E-state index in [9.17, 15) is 9.90 Å². The lowest BCUT2D eigenvalue weighted by molar-refractivity contribution is -0.153. The Morgan fingerprint density at radius 1 is 1.59 bits per heavy atom. The molecule has 2 aliphatic rings. The van der Waals surface area contributed by atoms with Gasteiger partial charge in [0, 0.05) is 12.6 Å². The first-order chi connectivity index (χ1) is 8.10. The molecule has 1 N–H and O–H groups in total. The maximum atomic E-state index is 11.6. The van der Waals surface area contributed by atoms with E-state index in [1.807, 2.05) is 6.92 Å². The Morgan fingerprint density at radius 3 is 2.94 bits per heavy atom. The number of carboxylic acids is 1. The highest BCUT2D eigenvalue weighted by Crippen LogP contribution is 2.37. The minimum Gasteiger partial charge on any atom is -0.480 e. The molecule has 0 aromatic heterocycles. The predicted octanol–water partition coefficient (Wildman–Crippen LogP) is 1.88. The molecule has 0 aromatic carbocycles. The number of rotatable bonds is 3. The molecule has 4 nitrogen and oxygen atoms in total. The van der Waals surface area contributed by atoms with E-state index in [0.29, 0.717) is 12.5 Å². The molecule has 0 radical (unpaired) electrons. The first-order valence-electron chi connectivity index (χ1n) is 6.72. The van der Waals surface area contributed by atoms with Gasteiger partial charge in [0.05, 0.1) is 6.10 Å². The molecule has 2 aliphatic heterocycles. The summed E-state index contributed by atoms with van der Waals surface area (Å²) < 4.78 is 5.56. The summed E-state index contributed by atoms with van der Waals surface area (Å²) in [4.78, 5) is 13.9. The number of carbonyl (C=O) groups is 1. The zero-order chi connectivity index (χ0) is 12.5. The van der Waals surface area contributed by atoms with Crippen molar-refractivity contribution in [2.75, 3.05) is 13.2 Å². The molecule has 2 fully saturated rings. The van der Waals surface area contributed by atoms with E-state index in [1.165, 1.54) is 0 Å². The van der Waals surface area contributed by atoms with Crippen LogP contribution < -0.4 is 0 Å². The molecule has 2 rings (SSSR count). The molecular formula is C13H23NO3. The van der Waals surface area contributed by atoms with Crippen LogP contribution in [0.25, 0.3) is 0 Å². The van der Waals surface area contributed by atoms with E-state index in [4.69, 9.17) is 4.74 Å². The van der Waals surface area contributed by atoms with Gasteiger partial charge < -0.3 is 9.84 Å². The van der Waals surface area contributed by atoms with Crippen LogP contribution in [0.3, 0.4) is 0 Å². The van der Waals surface area contributed by atoms with Crippen LogP contribution >= 0.6 is 0 Å². The van der Waals surface area contributed by atoms with Crippen molar-refractivity contribution in [1.82, 2.24) is 4.90 Å². The average Bonchev–Trinajstić information content (AvgIpc) is 2.73. The van der Waals surface area contributed by atoms with E-state index >= 15 is 0 Å². The molecule has 0 aliphatic carbocycles. The monoisotopic (exact) mass is 241 g/mol. The topological polar surface area (TPSA) is 49.8 Å². The van der Waals surface area contributed by atoms with E-state index in [1.54, 1.807) is 0 Å². The Balaban J connectivity index is 2.15. The highest BCUT2D eigenvalue weighted by atomic mass is 16.5. The quantitative estimate of drug-likeness (QED) is 0.819.